The lowest BCUT2D eigenvalue weighted by Gasteiger charge is -2.44. The van der Waals surface area contributed by atoms with Crippen molar-refractivity contribution < 1.29 is 122 Å². The maximum absolute atomic E-state index is 13.2. The van der Waals surface area contributed by atoms with Crippen molar-refractivity contribution in [1.29, 1.82) is 0 Å². The zero-order chi connectivity index (χ0) is 62.0. The maximum Gasteiger partial charge on any atom is 0.303 e. The molecule has 41 heteroatoms. The van der Waals surface area contributed by atoms with Crippen LogP contribution in [0.2, 0.25) is 0 Å². The van der Waals surface area contributed by atoms with Gasteiger partial charge in [-0.25, -0.2) is 16.8 Å². The molecule has 2 aliphatic rings. The summed E-state index contributed by atoms with van der Waals surface area (Å²) in [4.78, 5) is 132. The van der Waals surface area contributed by atoms with Crippen molar-refractivity contribution in [2.45, 2.75) is 126 Å². The zero-order valence-electron chi connectivity index (χ0n) is 42.7. The lowest BCUT2D eigenvalue weighted by Crippen LogP contribution is -2.66. The van der Waals surface area contributed by atoms with Crippen LogP contribution >= 0.6 is 10.7 Å². The van der Waals surface area contributed by atoms with E-state index in [4.69, 9.17) is 63.6 Å². The number of non-ortho nitro benzene ring substituents is 2. The number of hydrogen-bond acceptors (Lipinski definition) is 31. The third kappa shape index (κ3) is 21.1. The predicted octanol–water partition coefficient (Wildman–Crippen LogP) is 1.67. The van der Waals surface area contributed by atoms with Crippen molar-refractivity contribution in [2.75, 3.05) is 13.2 Å². The Morgan fingerprint density at radius 1 is 0.543 bits per heavy atom. The van der Waals surface area contributed by atoms with Gasteiger partial charge >= 0.3 is 47.8 Å². The number of halogens is 1. The Morgan fingerprint density at radius 3 is 1.25 bits per heavy atom. The Labute approximate surface area is 458 Å². The minimum atomic E-state index is -4.98. The SMILES string of the molecule is CC(=O)OCC1O[C@@H](N=[N+]=[N-])C(OC(C)=O)[C@@H](OC(C)=O)[C@@H]1OC(C)=O.CC(=O)OCC1O[C@@H](NS(=O)(=O)c2ccc([N+](=O)[O-])cc2[N+](=O)[O-])C(OC(C)=O)[C@@H](OC(C)=O)[C@@H]1OC(C)=O.O=[N+]([O-])c1ccc(S(=O)(=O)Cl)c([N+](=O)[O-])c1. The quantitative estimate of drug-likeness (QED) is 0.0305. The van der Waals surface area contributed by atoms with Crippen LogP contribution in [0, 0.1) is 40.5 Å². The van der Waals surface area contributed by atoms with E-state index < -0.39 is 187 Å². The standard InChI is InChI=1S/C20H23N3O15S.C14H19N3O9.C6H3ClN2O6S/c1-9(24)34-8-15-17(35-10(2)25)18(36-11(3)26)19(37-12(4)27)20(38-15)21-39(32,33)16-6-5-13(22(28)29)7-14(16)23(30)31;1-6(18)22-5-10-11(23-7(2)19)12(24-8(3)20)13(25-9(4)21)14(26-10)16-17-15;7-16(14,15)6-2-1-4(8(10)11)3-5(6)9(12)13/h5-7,15,17-21H,8H2,1-4H3;10-14H,5H2,1-4H3;1-3H/t15?,17-,18+,19?,20-;10?,11-,12+,13?,14-;/m11./s1. The van der Waals surface area contributed by atoms with Gasteiger partial charge in [0.15, 0.2) is 58.9 Å². The number of nitrogens with zero attached hydrogens (tertiary/aromatic N) is 7. The molecule has 0 bridgehead atoms. The first kappa shape index (κ1) is 68.3. The second kappa shape index (κ2) is 30.0. The Hall–Kier alpha value is -8.82. The number of nitro benzene ring substituents is 4. The summed E-state index contributed by atoms with van der Waals surface area (Å²) < 4.78 is 102. The van der Waals surface area contributed by atoms with Crippen molar-refractivity contribution in [2.24, 2.45) is 5.11 Å². The van der Waals surface area contributed by atoms with Gasteiger partial charge in [-0.2, -0.15) is 4.72 Å². The van der Waals surface area contributed by atoms with Gasteiger partial charge in [0, 0.05) is 83.1 Å². The third-order valence-corrected chi connectivity index (χ3v) is 12.5. The number of carbonyl (C=O) groups is 8. The van der Waals surface area contributed by atoms with E-state index in [-0.39, 0.29) is 6.61 Å². The first-order valence-corrected chi connectivity index (χ1v) is 25.7. The van der Waals surface area contributed by atoms with E-state index in [9.17, 15) is 95.6 Å². The van der Waals surface area contributed by atoms with Gasteiger partial charge in [0.25, 0.3) is 31.8 Å². The molecule has 2 saturated heterocycles. The smallest absolute Gasteiger partial charge is 0.303 e. The van der Waals surface area contributed by atoms with Crippen molar-refractivity contribution in [1.82, 2.24) is 4.72 Å². The fourth-order valence-corrected chi connectivity index (χ4v) is 9.13. The fourth-order valence-electron chi connectivity index (χ4n) is 6.85. The van der Waals surface area contributed by atoms with E-state index in [0.717, 1.165) is 67.5 Å². The molecule has 0 saturated carbocycles. The molecule has 10 atom stereocenters. The highest BCUT2D eigenvalue weighted by atomic mass is 35.7. The van der Waals surface area contributed by atoms with Crippen LogP contribution in [0.5, 0.6) is 0 Å². The average molecular weight is 1220 g/mol. The van der Waals surface area contributed by atoms with Crippen LogP contribution in [0.15, 0.2) is 51.3 Å². The van der Waals surface area contributed by atoms with Crippen LogP contribution in [0.3, 0.4) is 0 Å². The van der Waals surface area contributed by atoms with Crippen LogP contribution in [0.25, 0.3) is 10.4 Å². The van der Waals surface area contributed by atoms with Crippen molar-refractivity contribution in [3.63, 3.8) is 0 Å². The fraction of sp³-hybridized carbons (Fsp3) is 0.500. The Balaban J connectivity index is 0.000000457. The predicted molar refractivity (Wildman–Crippen MR) is 256 cm³/mol. The number of rotatable bonds is 19. The van der Waals surface area contributed by atoms with Crippen molar-refractivity contribution in [3.05, 3.63) is 87.3 Å². The molecule has 444 valence electrons. The molecular formula is C40H45ClN8O30S2. The molecule has 2 fully saturated rings. The molecule has 1 N–H and O–H groups in total. The minimum Gasteiger partial charge on any atom is -0.463 e. The molecule has 2 aromatic rings. The van der Waals surface area contributed by atoms with E-state index in [1.54, 1.807) is 0 Å². The van der Waals surface area contributed by atoms with Gasteiger partial charge in [-0.15, -0.1) is 0 Å². The summed E-state index contributed by atoms with van der Waals surface area (Å²) in [6.45, 7) is 7.28. The number of carbonyl (C=O) groups excluding carboxylic acids is 8. The average Bonchev–Trinajstić information content (AvgIpc) is 3.32. The Bertz CT molecular complexity index is 3080. The van der Waals surface area contributed by atoms with Crippen LogP contribution in [0.4, 0.5) is 22.7 Å². The van der Waals surface area contributed by atoms with E-state index in [0.29, 0.717) is 24.3 Å². The highest BCUT2D eigenvalue weighted by Gasteiger charge is 2.54. The monoisotopic (exact) mass is 1220 g/mol. The number of azide groups is 1. The summed E-state index contributed by atoms with van der Waals surface area (Å²) in [5.74, 6) is -6.65. The van der Waals surface area contributed by atoms with Crippen molar-refractivity contribution in [3.8, 4) is 0 Å². The van der Waals surface area contributed by atoms with Crippen LogP contribution in [0.1, 0.15) is 55.4 Å². The third-order valence-electron chi connectivity index (χ3n) is 9.65. The van der Waals surface area contributed by atoms with Gasteiger partial charge in [-0.3, -0.25) is 78.8 Å². The molecule has 0 amide bonds. The summed E-state index contributed by atoms with van der Waals surface area (Å²) in [7, 11) is -4.36. The number of hydrogen-bond donors (Lipinski definition) is 1. The van der Waals surface area contributed by atoms with Crippen LogP contribution < -0.4 is 4.72 Å². The Kier molecular flexibility index (Phi) is 25.3. The summed E-state index contributed by atoms with van der Waals surface area (Å²) in [6, 6.07) is 3.80. The number of nitrogens with one attached hydrogen (secondary N) is 1. The zero-order valence-corrected chi connectivity index (χ0v) is 45.1. The molecule has 2 aliphatic heterocycles. The van der Waals surface area contributed by atoms with Crippen LogP contribution in [-0.4, -0.2) is 159 Å². The summed E-state index contributed by atoms with van der Waals surface area (Å²) in [6.07, 6.45) is -15.1. The Morgan fingerprint density at radius 2 is 0.889 bits per heavy atom. The van der Waals surface area contributed by atoms with Gasteiger partial charge in [0.2, 0.25) is 10.0 Å². The molecule has 0 spiro atoms. The second-order valence-corrected chi connectivity index (χ2v) is 20.0. The summed E-state index contributed by atoms with van der Waals surface area (Å²) in [5.41, 5.74) is 5.26. The van der Waals surface area contributed by atoms with Gasteiger partial charge in [-0.1, -0.05) is 5.11 Å². The van der Waals surface area contributed by atoms with Crippen molar-refractivity contribution >= 4 is 100 Å². The van der Waals surface area contributed by atoms with Gasteiger partial charge in [0.1, 0.15) is 25.4 Å². The topological polar surface area (TPSA) is 530 Å². The molecule has 2 heterocycles. The molecule has 4 unspecified atom stereocenters. The molecule has 0 aromatic heterocycles. The van der Waals surface area contributed by atoms with E-state index >= 15 is 0 Å². The number of sulfonamides is 1. The number of ether oxygens (including phenoxy) is 10. The van der Waals surface area contributed by atoms with Gasteiger partial charge in [0.05, 0.1) is 31.8 Å². The molecule has 4 rings (SSSR count). The molecular weight excluding hydrogens is 1170 g/mol. The highest BCUT2D eigenvalue weighted by molar-refractivity contribution is 8.13. The highest BCUT2D eigenvalue weighted by Crippen LogP contribution is 2.34. The van der Waals surface area contributed by atoms with Gasteiger partial charge in [-0.05, 0) is 17.7 Å². The molecule has 0 radical (unpaired) electrons. The normalized spacial score (nSPS) is 21.9. The lowest BCUT2D eigenvalue weighted by atomic mass is 9.97. The first-order chi connectivity index (χ1) is 37.4. The molecule has 38 nitrogen and oxygen atoms in total. The second-order valence-electron chi connectivity index (χ2n) is 15.8. The van der Waals surface area contributed by atoms with E-state index in [1.807, 2.05) is 4.72 Å². The maximum atomic E-state index is 13.2. The largest absolute Gasteiger partial charge is 0.463 e. The molecule has 2 aromatic carbocycles. The number of benzene rings is 2. The van der Waals surface area contributed by atoms with E-state index in [1.165, 1.54) is 0 Å². The summed E-state index contributed by atoms with van der Waals surface area (Å²) >= 11 is 0. The lowest BCUT2D eigenvalue weighted by molar-refractivity contribution is -0.396. The van der Waals surface area contributed by atoms with E-state index in [2.05, 4.69) is 10.0 Å². The minimum absolute atomic E-state index is 0.380. The molecule has 81 heavy (non-hydrogen) atoms. The summed E-state index contributed by atoms with van der Waals surface area (Å²) in [5, 5.41) is 46.7. The number of nitro groups is 4. The van der Waals surface area contributed by atoms with Gasteiger partial charge < -0.3 is 47.4 Å². The molecule has 0 aliphatic carbocycles. The first-order valence-electron chi connectivity index (χ1n) is 21.9. The number of esters is 8. The van der Waals surface area contributed by atoms with Crippen LogP contribution in [-0.2, 0) is 105 Å².